The minimum absolute atomic E-state index is 0.0551. The van der Waals surface area contributed by atoms with E-state index in [1.54, 1.807) is 0 Å². The first-order valence-corrected chi connectivity index (χ1v) is 5.65. The van der Waals surface area contributed by atoms with Crippen molar-refractivity contribution in [3.05, 3.63) is 30.1 Å². The summed E-state index contributed by atoms with van der Waals surface area (Å²) in [4.78, 5) is 19.0. The van der Waals surface area contributed by atoms with Gasteiger partial charge in [0.15, 0.2) is 0 Å². The second-order valence-corrected chi connectivity index (χ2v) is 3.97. The van der Waals surface area contributed by atoms with Crippen LogP contribution in [-0.2, 0) is 4.79 Å². The Bertz CT molecular complexity index is 487. The first kappa shape index (κ1) is 11.6. The molecule has 1 heterocycles. The van der Waals surface area contributed by atoms with Gasteiger partial charge in [-0.15, -0.1) is 0 Å². The number of aromatic nitrogens is 2. The average Bonchev–Trinajstić information content (AvgIpc) is 2.72. The number of nitrogens with zero attached hydrogens (tertiary/aromatic N) is 1. The highest BCUT2D eigenvalue weighted by atomic mass is 16.1. The number of nitrogens with one attached hydrogen (secondary N) is 2. The van der Waals surface area contributed by atoms with Crippen molar-refractivity contribution >= 4 is 16.9 Å². The number of hydrogen-bond acceptors (Lipinski definition) is 3. The number of hydrogen-bond donors (Lipinski definition) is 3. The van der Waals surface area contributed by atoms with Crippen molar-refractivity contribution in [2.24, 2.45) is 5.73 Å². The average molecular weight is 232 g/mol. The van der Waals surface area contributed by atoms with Gasteiger partial charge in [0, 0.05) is 13.0 Å². The van der Waals surface area contributed by atoms with Gasteiger partial charge in [0.25, 0.3) is 0 Å². The number of nitrogens with two attached hydrogens (primary N) is 1. The number of H-pyrrole nitrogens is 1. The van der Waals surface area contributed by atoms with Crippen LogP contribution in [0.1, 0.15) is 25.2 Å². The van der Waals surface area contributed by atoms with E-state index in [2.05, 4.69) is 15.3 Å². The van der Waals surface area contributed by atoms with Crippen molar-refractivity contribution in [3.63, 3.8) is 0 Å². The van der Waals surface area contributed by atoms with Crippen molar-refractivity contribution in [3.8, 4) is 0 Å². The summed E-state index contributed by atoms with van der Waals surface area (Å²) < 4.78 is 0. The summed E-state index contributed by atoms with van der Waals surface area (Å²) in [5.74, 6) is 0.706. The van der Waals surface area contributed by atoms with Gasteiger partial charge < -0.3 is 16.0 Å². The Labute approximate surface area is 99.4 Å². The third-order valence-electron chi connectivity index (χ3n) is 2.57. The van der Waals surface area contributed by atoms with Gasteiger partial charge in [-0.1, -0.05) is 12.1 Å². The van der Waals surface area contributed by atoms with Crippen molar-refractivity contribution in [2.45, 2.75) is 19.4 Å². The van der Waals surface area contributed by atoms with Crippen LogP contribution in [0.25, 0.3) is 11.0 Å². The molecule has 0 saturated carbocycles. The van der Waals surface area contributed by atoms with Crippen LogP contribution in [-0.4, -0.2) is 22.4 Å². The van der Waals surface area contributed by atoms with Gasteiger partial charge in [-0.2, -0.15) is 0 Å². The second-order valence-electron chi connectivity index (χ2n) is 3.97. The van der Waals surface area contributed by atoms with Crippen LogP contribution in [0.15, 0.2) is 24.3 Å². The molecular formula is C12H16N4O. The summed E-state index contributed by atoms with van der Waals surface area (Å²) in [6.45, 7) is 2.25. The predicted octanol–water partition coefficient (Wildman–Crippen LogP) is 1.09. The van der Waals surface area contributed by atoms with E-state index in [4.69, 9.17) is 5.73 Å². The second kappa shape index (κ2) is 4.97. The fraction of sp³-hybridized carbons (Fsp3) is 0.333. The lowest BCUT2D eigenvalue weighted by atomic mass is 10.3. The minimum Gasteiger partial charge on any atom is -0.346 e. The molecule has 1 atom stereocenters. The van der Waals surface area contributed by atoms with Gasteiger partial charge in [0.1, 0.15) is 5.82 Å². The van der Waals surface area contributed by atoms with Crippen molar-refractivity contribution in [1.82, 2.24) is 15.3 Å². The van der Waals surface area contributed by atoms with E-state index in [9.17, 15) is 4.79 Å². The van der Waals surface area contributed by atoms with E-state index in [1.807, 2.05) is 31.2 Å². The number of amides is 1. The highest BCUT2D eigenvalue weighted by Crippen LogP contribution is 2.15. The maximum Gasteiger partial charge on any atom is 0.221 e. The molecule has 17 heavy (non-hydrogen) atoms. The van der Waals surface area contributed by atoms with Crippen molar-refractivity contribution in [1.29, 1.82) is 0 Å². The molecule has 0 aliphatic carbocycles. The van der Waals surface area contributed by atoms with E-state index in [0.29, 0.717) is 13.0 Å². The summed E-state index contributed by atoms with van der Waals surface area (Å²) in [6.07, 6.45) is 0.338. The quantitative estimate of drug-likeness (QED) is 0.737. The maximum atomic E-state index is 11.4. The van der Waals surface area contributed by atoms with Crippen LogP contribution in [0.5, 0.6) is 0 Å². The third-order valence-corrected chi connectivity index (χ3v) is 2.57. The number of aromatic amines is 1. The van der Waals surface area contributed by atoms with Crippen LogP contribution < -0.4 is 11.1 Å². The lowest BCUT2D eigenvalue weighted by molar-refractivity contribution is -0.121. The lowest BCUT2D eigenvalue weighted by Crippen LogP contribution is -2.28. The van der Waals surface area contributed by atoms with E-state index < -0.39 is 0 Å². The summed E-state index contributed by atoms with van der Waals surface area (Å²) in [6, 6.07) is 7.64. The zero-order valence-corrected chi connectivity index (χ0v) is 9.73. The molecule has 4 N–H and O–H groups in total. The Kier molecular flexibility index (Phi) is 3.39. The predicted molar refractivity (Wildman–Crippen MR) is 66.3 cm³/mol. The molecule has 1 aromatic heterocycles. The largest absolute Gasteiger partial charge is 0.346 e. The molecule has 1 aromatic carbocycles. The van der Waals surface area contributed by atoms with E-state index >= 15 is 0 Å². The molecule has 0 aliphatic heterocycles. The molecule has 2 rings (SSSR count). The number of imidazole rings is 1. The standard InChI is InChI=1S/C12H16N4O/c1-8(14-11(17)6-7-13)12-15-9-4-2-3-5-10(9)16-12/h2-5,8H,6-7,13H2,1H3,(H,14,17)(H,15,16). The molecule has 90 valence electrons. The molecule has 1 unspecified atom stereocenters. The summed E-state index contributed by atoms with van der Waals surface area (Å²) in [7, 11) is 0. The fourth-order valence-electron chi connectivity index (χ4n) is 1.69. The normalized spacial score (nSPS) is 12.6. The first-order chi connectivity index (χ1) is 8.20. The molecule has 0 spiro atoms. The monoisotopic (exact) mass is 232 g/mol. The first-order valence-electron chi connectivity index (χ1n) is 5.65. The zero-order valence-electron chi connectivity index (χ0n) is 9.73. The Morgan fingerprint density at radius 3 is 3.00 bits per heavy atom. The van der Waals surface area contributed by atoms with Crippen molar-refractivity contribution in [2.75, 3.05) is 6.54 Å². The maximum absolute atomic E-state index is 11.4. The van der Waals surface area contributed by atoms with Gasteiger partial charge >= 0.3 is 0 Å². The SMILES string of the molecule is CC(NC(=O)CCN)c1nc2ccccc2[nH]1. The number of carbonyl (C=O) groups is 1. The highest BCUT2D eigenvalue weighted by molar-refractivity contribution is 5.77. The smallest absolute Gasteiger partial charge is 0.221 e. The van der Waals surface area contributed by atoms with Crippen LogP contribution in [0.2, 0.25) is 0 Å². The highest BCUT2D eigenvalue weighted by Gasteiger charge is 2.12. The molecule has 1 amide bonds. The Hall–Kier alpha value is -1.88. The van der Waals surface area contributed by atoms with Gasteiger partial charge in [0.05, 0.1) is 17.1 Å². The molecule has 0 bridgehead atoms. The number of carbonyl (C=O) groups excluding carboxylic acids is 1. The van der Waals surface area contributed by atoms with Gasteiger partial charge in [-0.3, -0.25) is 4.79 Å². The van der Waals surface area contributed by atoms with Crippen LogP contribution in [0.3, 0.4) is 0 Å². The van der Waals surface area contributed by atoms with Crippen LogP contribution >= 0.6 is 0 Å². The Morgan fingerprint density at radius 2 is 2.29 bits per heavy atom. The number of benzene rings is 1. The molecule has 0 saturated heterocycles. The molecule has 0 fully saturated rings. The molecule has 5 nitrogen and oxygen atoms in total. The lowest BCUT2D eigenvalue weighted by Gasteiger charge is -2.10. The number of fused-ring (bicyclic) bond motifs is 1. The topological polar surface area (TPSA) is 83.8 Å². The van der Waals surface area contributed by atoms with Gasteiger partial charge in [-0.05, 0) is 19.1 Å². The third kappa shape index (κ3) is 2.62. The summed E-state index contributed by atoms with van der Waals surface area (Å²) in [5, 5.41) is 2.85. The number of rotatable bonds is 4. The molecular weight excluding hydrogens is 216 g/mol. The van der Waals surface area contributed by atoms with Gasteiger partial charge in [-0.25, -0.2) is 4.98 Å². The van der Waals surface area contributed by atoms with E-state index in [1.165, 1.54) is 0 Å². The minimum atomic E-state index is -0.138. The molecule has 5 heteroatoms. The summed E-state index contributed by atoms with van der Waals surface area (Å²) in [5.41, 5.74) is 7.20. The number of para-hydroxylation sites is 2. The molecule has 2 aromatic rings. The molecule has 0 aliphatic rings. The van der Waals surface area contributed by atoms with E-state index in [0.717, 1.165) is 16.9 Å². The zero-order chi connectivity index (χ0) is 12.3. The Balaban J connectivity index is 2.13. The van der Waals surface area contributed by atoms with Gasteiger partial charge in [0.2, 0.25) is 5.91 Å². The Morgan fingerprint density at radius 1 is 1.53 bits per heavy atom. The van der Waals surface area contributed by atoms with Crippen LogP contribution in [0, 0.1) is 0 Å². The molecule has 0 radical (unpaired) electrons. The van der Waals surface area contributed by atoms with Crippen molar-refractivity contribution < 1.29 is 4.79 Å². The van der Waals surface area contributed by atoms with E-state index in [-0.39, 0.29) is 11.9 Å². The van der Waals surface area contributed by atoms with Crippen LogP contribution in [0.4, 0.5) is 0 Å². The fourth-order valence-corrected chi connectivity index (χ4v) is 1.69. The summed E-state index contributed by atoms with van der Waals surface area (Å²) >= 11 is 0.